The third-order valence-electron chi connectivity index (χ3n) is 5.12. The largest absolute Gasteiger partial charge is 0.486 e. The molecule has 2 aliphatic rings. The van der Waals surface area contributed by atoms with Crippen molar-refractivity contribution in [3.05, 3.63) is 47.7 Å². The number of ether oxygens (including phenoxy) is 3. The predicted octanol–water partition coefficient (Wildman–Crippen LogP) is 4.10. The molecule has 1 N–H and O–H groups in total. The fourth-order valence-electron chi connectivity index (χ4n) is 3.80. The zero-order valence-electron chi connectivity index (χ0n) is 15.5. The van der Waals surface area contributed by atoms with Gasteiger partial charge in [0.1, 0.15) is 30.3 Å². The normalized spacial score (nSPS) is 15.1. The van der Waals surface area contributed by atoms with Crippen molar-refractivity contribution < 1.29 is 23.4 Å². The fraction of sp³-hybridized carbons (Fsp3) is 0.318. The molecule has 0 unspecified atom stereocenters. The Labute approximate surface area is 162 Å². The molecule has 0 spiro atoms. The number of anilines is 1. The van der Waals surface area contributed by atoms with Gasteiger partial charge >= 0.3 is 0 Å². The van der Waals surface area contributed by atoms with Gasteiger partial charge in [-0.15, -0.1) is 0 Å². The van der Waals surface area contributed by atoms with Crippen LogP contribution in [0.25, 0.3) is 11.0 Å². The highest BCUT2D eigenvalue weighted by molar-refractivity contribution is 5.92. The third kappa shape index (κ3) is 3.26. The minimum Gasteiger partial charge on any atom is -0.486 e. The first-order valence-electron chi connectivity index (χ1n) is 9.63. The Balaban J connectivity index is 1.25. The van der Waals surface area contributed by atoms with E-state index >= 15 is 0 Å². The lowest BCUT2D eigenvalue weighted by molar-refractivity contribution is -0.118. The summed E-state index contributed by atoms with van der Waals surface area (Å²) >= 11 is 0. The van der Waals surface area contributed by atoms with E-state index in [-0.39, 0.29) is 12.5 Å². The lowest BCUT2D eigenvalue weighted by atomic mass is 9.96. The topological polar surface area (TPSA) is 69.9 Å². The minimum atomic E-state index is -0.231. The van der Waals surface area contributed by atoms with Crippen molar-refractivity contribution in [3.63, 3.8) is 0 Å². The number of amides is 1. The zero-order chi connectivity index (χ0) is 18.9. The molecule has 6 nitrogen and oxygen atoms in total. The molecule has 1 amide bonds. The molecule has 0 radical (unpaired) electrons. The van der Waals surface area contributed by atoms with Crippen LogP contribution in [0.1, 0.15) is 24.2 Å². The molecule has 2 aromatic carbocycles. The molecule has 0 fully saturated rings. The summed E-state index contributed by atoms with van der Waals surface area (Å²) in [6, 6.07) is 11.1. The van der Waals surface area contributed by atoms with E-state index in [1.807, 2.05) is 18.2 Å². The molecule has 0 atom stereocenters. The zero-order valence-corrected chi connectivity index (χ0v) is 15.5. The number of rotatable bonds is 4. The van der Waals surface area contributed by atoms with E-state index in [0.717, 1.165) is 29.6 Å². The van der Waals surface area contributed by atoms with Crippen molar-refractivity contribution in [1.29, 1.82) is 0 Å². The SMILES string of the molecule is O=C(COc1ccc2oc3c(c2c1)CCCC3)Nc1ccc2c(c1)OCCO2. The molecular weight excluding hydrogens is 358 g/mol. The molecule has 1 aliphatic carbocycles. The highest BCUT2D eigenvalue weighted by Crippen LogP contribution is 2.34. The van der Waals surface area contributed by atoms with Crippen LogP contribution in [-0.4, -0.2) is 25.7 Å². The number of hydrogen-bond acceptors (Lipinski definition) is 5. The summed E-state index contributed by atoms with van der Waals surface area (Å²) in [5.74, 6) is 2.86. The number of fused-ring (bicyclic) bond motifs is 4. The Morgan fingerprint density at radius 2 is 1.86 bits per heavy atom. The van der Waals surface area contributed by atoms with E-state index in [1.165, 1.54) is 18.4 Å². The van der Waals surface area contributed by atoms with E-state index in [1.54, 1.807) is 18.2 Å². The number of furan rings is 1. The average molecular weight is 379 g/mol. The summed E-state index contributed by atoms with van der Waals surface area (Å²) in [4.78, 5) is 12.3. The number of benzene rings is 2. The average Bonchev–Trinajstić information content (AvgIpc) is 3.10. The molecule has 1 aromatic heterocycles. The van der Waals surface area contributed by atoms with Gasteiger partial charge in [0.25, 0.3) is 5.91 Å². The molecule has 3 aromatic rings. The standard InChI is InChI=1S/C22H21NO5/c24-22(23-14-5-7-20-21(11-14)26-10-9-25-20)13-27-15-6-8-19-17(12-15)16-3-1-2-4-18(16)28-19/h5-8,11-12H,1-4,9-10,13H2,(H,23,24). The van der Waals surface area contributed by atoms with E-state index < -0.39 is 0 Å². The summed E-state index contributed by atoms with van der Waals surface area (Å²) < 4.78 is 22.7. The summed E-state index contributed by atoms with van der Waals surface area (Å²) in [5, 5.41) is 3.92. The maximum atomic E-state index is 12.3. The highest BCUT2D eigenvalue weighted by Gasteiger charge is 2.18. The van der Waals surface area contributed by atoms with Crippen molar-refractivity contribution in [2.75, 3.05) is 25.1 Å². The summed E-state index contributed by atoms with van der Waals surface area (Å²) in [6.07, 6.45) is 4.40. The number of hydrogen-bond donors (Lipinski definition) is 1. The van der Waals surface area contributed by atoms with Crippen molar-refractivity contribution in [2.45, 2.75) is 25.7 Å². The Kier molecular flexibility index (Phi) is 4.31. The predicted molar refractivity (Wildman–Crippen MR) is 104 cm³/mol. The highest BCUT2D eigenvalue weighted by atomic mass is 16.6. The van der Waals surface area contributed by atoms with E-state index in [4.69, 9.17) is 18.6 Å². The molecule has 5 rings (SSSR count). The fourth-order valence-corrected chi connectivity index (χ4v) is 3.80. The van der Waals surface area contributed by atoms with Crippen LogP contribution >= 0.6 is 0 Å². The van der Waals surface area contributed by atoms with Gasteiger partial charge in [-0.05, 0) is 49.6 Å². The van der Waals surface area contributed by atoms with Crippen LogP contribution in [0.15, 0.2) is 40.8 Å². The Hall–Kier alpha value is -3.15. The summed E-state index contributed by atoms with van der Waals surface area (Å²) in [6.45, 7) is 0.977. The van der Waals surface area contributed by atoms with Crippen LogP contribution < -0.4 is 19.5 Å². The van der Waals surface area contributed by atoms with Gasteiger partial charge in [-0.3, -0.25) is 4.79 Å². The second-order valence-electron chi connectivity index (χ2n) is 7.06. The van der Waals surface area contributed by atoms with E-state index in [0.29, 0.717) is 36.1 Å². The van der Waals surface area contributed by atoms with Crippen molar-refractivity contribution >= 4 is 22.6 Å². The van der Waals surface area contributed by atoms with Gasteiger partial charge < -0.3 is 23.9 Å². The van der Waals surface area contributed by atoms with Gasteiger partial charge in [0.05, 0.1) is 0 Å². The molecule has 1 aliphatic heterocycles. The smallest absolute Gasteiger partial charge is 0.262 e. The van der Waals surface area contributed by atoms with Gasteiger partial charge in [0, 0.05) is 29.1 Å². The quantitative estimate of drug-likeness (QED) is 0.739. The second-order valence-corrected chi connectivity index (χ2v) is 7.06. The maximum absolute atomic E-state index is 12.3. The molecule has 0 saturated carbocycles. The molecule has 28 heavy (non-hydrogen) atoms. The number of aryl methyl sites for hydroxylation is 2. The van der Waals surface area contributed by atoms with Crippen molar-refractivity contribution in [1.82, 2.24) is 0 Å². The van der Waals surface area contributed by atoms with Crippen LogP contribution in [0.2, 0.25) is 0 Å². The number of carbonyl (C=O) groups excluding carboxylic acids is 1. The van der Waals surface area contributed by atoms with Crippen LogP contribution in [-0.2, 0) is 17.6 Å². The molecule has 0 saturated heterocycles. The van der Waals surface area contributed by atoms with E-state index in [2.05, 4.69) is 5.32 Å². The Morgan fingerprint density at radius 3 is 2.79 bits per heavy atom. The molecule has 0 bridgehead atoms. The lowest BCUT2D eigenvalue weighted by Crippen LogP contribution is -2.20. The van der Waals surface area contributed by atoms with E-state index in [9.17, 15) is 4.79 Å². The lowest BCUT2D eigenvalue weighted by Gasteiger charge is -2.19. The first-order chi connectivity index (χ1) is 13.8. The third-order valence-corrected chi connectivity index (χ3v) is 5.12. The first-order valence-corrected chi connectivity index (χ1v) is 9.63. The monoisotopic (exact) mass is 379 g/mol. The van der Waals surface area contributed by atoms with Crippen LogP contribution in [0.4, 0.5) is 5.69 Å². The van der Waals surface area contributed by atoms with Gasteiger partial charge in [0.15, 0.2) is 18.1 Å². The minimum absolute atomic E-state index is 0.0695. The van der Waals surface area contributed by atoms with Gasteiger partial charge in [0.2, 0.25) is 0 Å². The number of nitrogens with one attached hydrogen (secondary N) is 1. The maximum Gasteiger partial charge on any atom is 0.262 e. The van der Waals surface area contributed by atoms with Gasteiger partial charge in [-0.2, -0.15) is 0 Å². The molecule has 2 heterocycles. The van der Waals surface area contributed by atoms with Crippen LogP contribution in [0.5, 0.6) is 17.2 Å². The summed E-state index contributed by atoms with van der Waals surface area (Å²) in [5.41, 5.74) is 2.82. The Bertz CT molecular complexity index is 1040. The molecule has 144 valence electrons. The molecule has 6 heteroatoms. The van der Waals surface area contributed by atoms with Gasteiger partial charge in [-0.1, -0.05) is 0 Å². The van der Waals surface area contributed by atoms with Crippen molar-refractivity contribution in [2.24, 2.45) is 0 Å². The van der Waals surface area contributed by atoms with Crippen LogP contribution in [0, 0.1) is 0 Å². The number of carbonyl (C=O) groups is 1. The molecular formula is C22H21NO5. The van der Waals surface area contributed by atoms with Gasteiger partial charge in [-0.25, -0.2) is 0 Å². The first kappa shape index (κ1) is 17.0. The summed E-state index contributed by atoms with van der Waals surface area (Å²) in [7, 11) is 0. The second kappa shape index (κ2) is 7.11. The van der Waals surface area contributed by atoms with Crippen LogP contribution in [0.3, 0.4) is 0 Å². The Morgan fingerprint density at radius 1 is 1.00 bits per heavy atom. The van der Waals surface area contributed by atoms with Crippen molar-refractivity contribution in [3.8, 4) is 17.2 Å².